The molecule has 0 fully saturated rings. The van der Waals surface area contributed by atoms with E-state index in [-0.39, 0.29) is 0 Å². The second-order valence-electron chi connectivity index (χ2n) is 12.1. The summed E-state index contributed by atoms with van der Waals surface area (Å²) in [4.78, 5) is 11.2. The zero-order chi connectivity index (χ0) is 33.8. The van der Waals surface area contributed by atoms with Crippen molar-refractivity contribution in [3.8, 4) is 0 Å². The van der Waals surface area contributed by atoms with Crippen LogP contribution < -0.4 is 16.0 Å². The van der Waals surface area contributed by atoms with Crippen LogP contribution in [0, 0.1) is 0 Å². The maximum atomic E-state index is 11.2. The summed E-state index contributed by atoms with van der Waals surface area (Å²) in [6.07, 6.45) is 12.6. The number of benzene rings is 4. The van der Waals surface area contributed by atoms with E-state index in [0.717, 1.165) is 37.1 Å². The summed E-state index contributed by atoms with van der Waals surface area (Å²) in [5, 5.41) is 8.22. The van der Waals surface area contributed by atoms with Crippen LogP contribution in [-0.4, -0.2) is 26.9 Å². The van der Waals surface area contributed by atoms with Gasteiger partial charge in [-0.25, -0.2) is 4.57 Å². The topological polar surface area (TPSA) is 104 Å². The van der Waals surface area contributed by atoms with Crippen LogP contribution in [0.1, 0.15) is 51.9 Å². The number of hydrogen-bond donors (Lipinski definition) is 2. The second kappa shape index (κ2) is 16.3. The Kier molecular flexibility index (Phi) is 11.0. The first kappa shape index (κ1) is 33.0. The monoisotopic (exact) mass is 645 g/mol. The van der Waals surface area contributed by atoms with Gasteiger partial charge in [-0.2, -0.15) is 0 Å². The zero-order valence-electron chi connectivity index (χ0n) is 27.5. The molecular weight excluding hydrogens is 605 g/mol. The molecule has 0 aliphatic rings. The van der Waals surface area contributed by atoms with Crippen molar-refractivity contribution >= 4 is 29.2 Å². The molecule has 2 heterocycles. The SMILES string of the molecule is NC(=O)[C@@H](N)Cc1cn(CCCC[n+]2ccc(C=Cc3ccc(C(=C(c4ccccc4)c4ccccc4)c4ccccc4)cc3)cc2)nn1. The lowest BCUT2D eigenvalue weighted by Crippen LogP contribution is -2.38. The van der Waals surface area contributed by atoms with E-state index in [0.29, 0.717) is 12.1 Å². The third-order valence-corrected chi connectivity index (χ3v) is 8.46. The molecule has 0 saturated heterocycles. The van der Waals surface area contributed by atoms with Gasteiger partial charge in [-0.05, 0) is 50.9 Å². The van der Waals surface area contributed by atoms with Gasteiger partial charge in [0.15, 0.2) is 12.4 Å². The lowest BCUT2D eigenvalue weighted by Gasteiger charge is -2.18. The van der Waals surface area contributed by atoms with Gasteiger partial charge in [0.05, 0.1) is 11.7 Å². The average molecular weight is 646 g/mol. The second-order valence-corrected chi connectivity index (χ2v) is 12.1. The molecule has 7 nitrogen and oxygen atoms in total. The summed E-state index contributed by atoms with van der Waals surface area (Å²) >= 11 is 0. The summed E-state index contributed by atoms with van der Waals surface area (Å²) < 4.78 is 3.98. The molecule has 2 aromatic heterocycles. The van der Waals surface area contributed by atoms with Crippen molar-refractivity contribution in [2.45, 2.75) is 38.4 Å². The summed E-state index contributed by atoms with van der Waals surface area (Å²) in [6, 6.07) is 44.3. The fourth-order valence-electron chi connectivity index (χ4n) is 5.84. The van der Waals surface area contributed by atoms with E-state index in [1.54, 1.807) is 4.68 Å². The fourth-order valence-corrected chi connectivity index (χ4v) is 5.84. The standard InChI is InChI=1S/C42H40N6O/c43-39(42(44)49)30-38-31-48(46-45-38)27-11-10-26-47-28-24-33(25-29-47)19-18-32-20-22-37(23-21-32)41(36-16-8-3-9-17-36)40(34-12-4-1-5-13-34)35-14-6-2-7-15-35/h1-9,12-25,28-29,31,39H,10-11,26-27,30,43H2,(H-,44,49)/p+1/t39-/m0/s1. The van der Waals surface area contributed by atoms with E-state index < -0.39 is 11.9 Å². The Balaban J connectivity index is 1.11. The Bertz CT molecular complexity index is 1960. The molecule has 0 spiro atoms. The molecule has 6 rings (SSSR count). The number of pyridine rings is 1. The maximum absolute atomic E-state index is 11.2. The number of primary amides is 1. The first-order chi connectivity index (χ1) is 24.0. The molecule has 0 saturated carbocycles. The van der Waals surface area contributed by atoms with Gasteiger partial charge in [0, 0.05) is 37.7 Å². The summed E-state index contributed by atoms with van der Waals surface area (Å²) in [7, 11) is 0. The van der Waals surface area contributed by atoms with Crippen molar-refractivity contribution in [3.63, 3.8) is 0 Å². The maximum Gasteiger partial charge on any atom is 0.234 e. The van der Waals surface area contributed by atoms with Gasteiger partial charge in [-0.15, -0.1) is 5.10 Å². The number of rotatable bonds is 14. The highest BCUT2D eigenvalue weighted by atomic mass is 16.1. The molecule has 0 radical (unpaired) electrons. The van der Waals surface area contributed by atoms with Crippen LogP contribution in [0.3, 0.4) is 0 Å². The van der Waals surface area contributed by atoms with Crippen LogP contribution in [0.15, 0.2) is 146 Å². The summed E-state index contributed by atoms with van der Waals surface area (Å²) in [6.45, 7) is 1.66. The number of carbonyl (C=O) groups excluding carboxylic acids is 1. The Morgan fingerprint density at radius 2 is 1.16 bits per heavy atom. The predicted octanol–water partition coefficient (Wildman–Crippen LogP) is 6.58. The van der Waals surface area contributed by atoms with E-state index in [4.69, 9.17) is 11.5 Å². The molecule has 4 aromatic carbocycles. The molecule has 0 bridgehead atoms. The smallest absolute Gasteiger partial charge is 0.234 e. The molecule has 0 unspecified atom stereocenters. The minimum atomic E-state index is -0.741. The van der Waals surface area contributed by atoms with Gasteiger partial charge in [0.2, 0.25) is 5.91 Å². The van der Waals surface area contributed by atoms with Crippen LogP contribution in [0.4, 0.5) is 0 Å². The number of hydrogen-bond acceptors (Lipinski definition) is 4. The molecule has 0 aliphatic heterocycles. The van der Waals surface area contributed by atoms with Crippen molar-refractivity contribution in [2.75, 3.05) is 0 Å². The van der Waals surface area contributed by atoms with Crippen molar-refractivity contribution in [3.05, 3.63) is 185 Å². The molecule has 1 amide bonds. The first-order valence-electron chi connectivity index (χ1n) is 16.7. The largest absolute Gasteiger partial charge is 0.368 e. The Hall–Kier alpha value is -5.92. The van der Waals surface area contributed by atoms with Gasteiger partial charge in [-0.1, -0.05) is 133 Å². The molecule has 0 aliphatic carbocycles. The number of nitrogens with zero attached hydrogens (tertiary/aromatic N) is 4. The Morgan fingerprint density at radius 3 is 1.67 bits per heavy atom. The highest BCUT2D eigenvalue weighted by Gasteiger charge is 2.16. The number of unbranched alkanes of at least 4 members (excludes halogenated alkanes) is 1. The van der Waals surface area contributed by atoms with Crippen LogP contribution in [0.25, 0.3) is 23.3 Å². The van der Waals surface area contributed by atoms with Crippen LogP contribution >= 0.6 is 0 Å². The van der Waals surface area contributed by atoms with Crippen LogP contribution in [0.5, 0.6) is 0 Å². The van der Waals surface area contributed by atoms with Gasteiger partial charge in [0.25, 0.3) is 0 Å². The van der Waals surface area contributed by atoms with E-state index in [1.807, 2.05) is 6.20 Å². The predicted molar refractivity (Wildman–Crippen MR) is 196 cm³/mol. The number of aryl methyl sites for hydroxylation is 2. The van der Waals surface area contributed by atoms with Gasteiger partial charge >= 0.3 is 0 Å². The highest BCUT2D eigenvalue weighted by molar-refractivity contribution is 6.04. The third-order valence-electron chi connectivity index (χ3n) is 8.46. The van der Waals surface area contributed by atoms with Crippen molar-refractivity contribution in [1.82, 2.24) is 15.0 Å². The molecule has 4 N–H and O–H groups in total. The van der Waals surface area contributed by atoms with Gasteiger partial charge in [-0.3, -0.25) is 9.48 Å². The lowest BCUT2D eigenvalue weighted by atomic mass is 9.85. The Labute approximate surface area is 287 Å². The van der Waals surface area contributed by atoms with Crippen LogP contribution in [0.2, 0.25) is 0 Å². The number of nitrogens with two attached hydrogens (primary N) is 2. The van der Waals surface area contributed by atoms with E-state index in [1.165, 1.54) is 33.4 Å². The zero-order valence-corrected chi connectivity index (χ0v) is 27.5. The molecule has 7 heteroatoms. The van der Waals surface area contributed by atoms with Gasteiger partial charge in [0.1, 0.15) is 6.54 Å². The minimum Gasteiger partial charge on any atom is -0.368 e. The molecule has 49 heavy (non-hydrogen) atoms. The third kappa shape index (κ3) is 8.91. The summed E-state index contributed by atoms with van der Waals surface area (Å²) in [5.41, 5.74) is 21.1. The average Bonchev–Trinajstić information content (AvgIpc) is 3.60. The number of carbonyl (C=O) groups is 1. The normalized spacial score (nSPS) is 11.8. The first-order valence-corrected chi connectivity index (χ1v) is 16.7. The Morgan fingerprint density at radius 1 is 0.673 bits per heavy atom. The fraction of sp³-hybridized carbons (Fsp3) is 0.143. The molecule has 1 atom stereocenters. The van der Waals surface area contributed by atoms with Crippen LogP contribution in [-0.2, 0) is 24.3 Å². The van der Waals surface area contributed by atoms with E-state index >= 15 is 0 Å². The number of amides is 1. The van der Waals surface area contributed by atoms with E-state index in [9.17, 15) is 4.79 Å². The highest BCUT2D eigenvalue weighted by Crippen LogP contribution is 2.36. The molecular formula is C42H41N6O+. The molecule has 244 valence electrons. The van der Waals surface area contributed by atoms with Crippen molar-refractivity contribution in [2.24, 2.45) is 11.5 Å². The minimum absolute atomic E-state index is 0.300. The van der Waals surface area contributed by atoms with Crippen molar-refractivity contribution < 1.29 is 9.36 Å². The van der Waals surface area contributed by atoms with Gasteiger partial charge < -0.3 is 11.5 Å². The number of aromatic nitrogens is 4. The molecule has 6 aromatic rings. The quantitative estimate of drug-likeness (QED) is 0.0794. The van der Waals surface area contributed by atoms with E-state index in [2.05, 4.69) is 167 Å². The van der Waals surface area contributed by atoms with Crippen molar-refractivity contribution in [1.29, 1.82) is 0 Å². The summed E-state index contributed by atoms with van der Waals surface area (Å²) in [5.74, 6) is -0.537. The lowest BCUT2D eigenvalue weighted by molar-refractivity contribution is -0.697.